The topological polar surface area (TPSA) is 76.1 Å². The zero-order chi connectivity index (χ0) is 23.7. The quantitative estimate of drug-likeness (QED) is 0.265. The molecule has 1 atom stereocenters. The molecule has 0 radical (unpaired) electrons. The Balaban J connectivity index is 1.81. The molecule has 9 heteroatoms. The van der Waals surface area contributed by atoms with E-state index in [9.17, 15) is 14.7 Å². The van der Waals surface area contributed by atoms with Crippen LogP contribution in [0.4, 0.5) is 0 Å². The van der Waals surface area contributed by atoms with E-state index in [-0.39, 0.29) is 39.2 Å². The number of hydrogen-bond acceptors (Lipinski definition) is 6. The lowest BCUT2D eigenvalue weighted by Crippen LogP contribution is -2.28. The average molecular weight is 504 g/mol. The van der Waals surface area contributed by atoms with Crippen LogP contribution in [0.3, 0.4) is 0 Å². The first kappa shape index (κ1) is 23.2. The number of amides is 1. The summed E-state index contributed by atoms with van der Waals surface area (Å²) in [5.74, 6) is -0.886. The fraction of sp³-hybridized carbons (Fsp3) is 0.167. The highest BCUT2D eigenvalue weighted by Crippen LogP contribution is 2.43. The van der Waals surface area contributed by atoms with Crippen LogP contribution >= 0.6 is 34.5 Å². The number of halogens is 2. The molecule has 1 aromatic heterocycles. The number of methoxy groups -OCH3 is 2. The van der Waals surface area contributed by atoms with Crippen molar-refractivity contribution in [2.45, 2.75) is 12.6 Å². The van der Waals surface area contributed by atoms with Gasteiger partial charge >= 0.3 is 0 Å². The third-order valence-corrected chi connectivity index (χ3v) is 6.83. The molecule has 1 aliphatic heterocycles. The minimum Gasteiger partial charge on any atom is -0.507 e. The Kier molecular flexibility index (Phi) is 6.65. The lowest BCUT2D eigenvalue weighted by molar-refractivity contribution is -0.140. The molecule has 170 valence electrons. The van der Waals surface area contributed by atoms with Gasteiger partial charge in [0.1, 0.15) is 11.5 Å². The number of thiophene rings is 1. The molecule has 1 saturated heterocycles. The van der Waals surface area contributed by atoms with Crippen LogP contribution in [0.5, 0.6) is 11.5 Å². The van der Waals surface area contributed by atoms with Crippen LogP contribution in [0.15, 0.2) is 59.5 Å². The normalized spacial score (nSPS) is 17.5. The van der Waals surface area contributed by atoms with Gasteiger partial charge in [0.25, 0.3) is 11.7 Å². The van der Waals surface area contributed by atoms with Crippen LogP contribution in [-0.4, -0.2) is 35.9 Å². The van der Waals surface area contributed by atoms with Gasteiger partial charge in [0, 0.05) is 17.0 Å². The number of rotatable bonds is 6. The molecule has 3 aromatic rings. The molecular formula is C24H19Cl2NO5S. The molecule has 6 nitrogen and oxygen atoms in total. The van der Waals surface area contributed by atoms with E-state index < -0.39 is 17.7 Å². The molecule has 1 unspecified atom stereocenters. The Morgan fingerprint density at radius 3 is 2.27 bits per heavy atom. The van der Waals surface area contributed by atoms with Crippen LogP contribution < -0.4 is 9.47 Å². The summed E-state index contributed by atoms with van der Waals surface area (Å²) >= 11 is 13.9. The summed E-state index contributed by atoms with van der Waals surface area (Å²) in [6, 6.07) is 13.0. The standard InChI is InChI=1S/C24H19Cl2NO5S/c1-31-15-7-5-13(6-8-15)12-27-20(18-4-3-9-33-18)19(22(29)24(27)30)21(28)14-10-16(25)23(32-2)17(26)11-14/h3-11,20,28H,12H2,1-2H3/b21-19-. The number of ketones is 1. The first-order valence-electron chi connectivity index (χ1n) is 9.83. The molecule has 1 amide bonds. The van der Waals surface area contributed by atoms with Crippen LogP contribution in [0.1, 0.15) is 22.0 Å². The summed E-state index contributed by atoms with van der Waals surface area (Å²) in [6.07, 6.45) is 0. The number of carbonyl (C=O) groups excluding carboxylic acids is 2. The van der Waals surface area contributed by atoms with Crippen molar-refractivity contribution in [3.63, 3.8) is 0 Å². The van der Waals surface area contributed by atoms with Gasteiger partial charge in [-0.15, -0.1) is 11.3 Å². The number of Topliss-reactive ketones (excluding diaryl/α,β-unsaturated/α-hetero) is 1. The first-order chi connectivity index (χ1) is 15.8. The Labute approximate surface area is 204 Å². The zero-order valence-corrected chi connectivity index (χ0v) is 20.0. The van der Waals surface area contributed by atoms with Crippen LogP contribution in [0, 0.1) is 0 Å². The summed E-state index contributed by atoms with van der Waals surface area (Å²) in [5, 5.41) is 13.3. The van der Waals surface area contributed by atoms with E-state index in [1.54, 1.807) is 19.2 Å². The van der Waals surface area contributed by atoms with Crippen molar-refractivity contribution in [1.29, 1.82) is 0 Å². The Hall–Kier alpha value is -3.00. The smallest absolute Gasteiger partial charge is 0.295 e. The molecule has 2 aromatic carbocycles. The summed E-state index contributed by atoms with van der Waals surface area (Å²) < 4.78 is 10.3. The number of aliphatic hydroxyl groups excluding tert-OH is 1. The summed E-state index contributed by atoms with van der Waals surface area (Å²) in [4.78, 5) is 28.4. The van der Waals surface area contributed by atoms with E-state index in [4.69, 9.17) is 32.7 Å². The molecule has 0 saturated carbocycles. The largest absolute Gasteiger partial charge is 0.507 e. The van der Waals surface area contributed by atoms with Crippen LogP contribution in [0.25, 0.3) is 5.76 Å². The van der Waals surface area contributed by atoms with Crippen LogP contribution in [0.2, 0.25) is 10.0 Å². The summed E-state index contributed by atoms with van der Waals surface area (Å²) in [6.45, 7) is 0.179. The van der Waals surface area contributed by atoms with Crippen molar-refractivity contribution in [3.8, 4) is 11.5 Å². The third-order valence-electron chi connectivity index (χ3n) is 5.34. The average Bonchev–Trinajstić information content (AvgIpc) is 3.42. The minimum atomic E-state index is -0.775. The predicted molar refractivity (Wildman–Crippen MR) is 128 cm³/mol. The van der Waals surface area contributed by atoms with Gasteiger partial charge in [0.05, 0.1) is 35.9 Å². The van der Waals surface area contributed by atoms with Gasteiger partial charge in [-0.05, 0) is 41.3 Å². The van der Waals surface area contributed by atoms with Gasteiger partial charge in [-0.1, -0.05) is 41.4 Å². The van der Waals surface area contributed by atoms with Gasteiger partial charge in [0.15, 0.2) is 5.75 Å². The molecule has 0 aliphatic carbocycles. The number of hydrogen-bond donors (Lipinski definition) is 1. The van der Waals surface area contributed by atoms with Gasteiger partial charge in [-0.3, -0.25) is 9.59 Å². The molecule has 4 rings (SSSR count). The van der Waals surface area contributed by atoms with E-state index in [1.165, 1.54) is 35.5 Å². The fourth-order valence-electron chi connectivity index (χ4n) is 3.76. The molecule has 33 heavy (non-hydrogen) atoms. The molecule has 0 bridgehead atoms. The lowest BCUT2D eigenvalue weighted by Gasteiger charge is -2.24. The number of benzene rings is 2. The van der Waals surface area contributed by atoms with Crippen LogP contribution in [-0.2, 0) is 16.1 Å². The lowest BCUT2D eigenvalue weighted by atomic mass is 9.99. The highest BCUT2D eigenvalue weighted by molar-refractivity contribution is 7.10. The van der Waals surface area contributed by atoms with Gasteiger partial charge in [-0.25, -0.2) is 0 Å². The molecule has 1 N–H and O–H groups in total. The van der Waals surface area contributed by atoms with Gasteiger partial charge in [0.2, 0.25) is 0 Å². The van der Waals surface area contributed by atoms with Crippen molar-refractivity contribution in [1.82, 2.24) is 4.90 Å². The van der Waals surface area contributed by atoms with E-state index in [2.05, 4.69) is 0 Å². The van der Waals surface area contributed by atoms with Crippen molar-refractivity contribution in [3.05, 3.63) is 85.5 Å². The minimum absolute atomic E-state index is 0.0201. The van der Waals surface area contributed by atoms with E-state index in [1.807, 2.05) is 29.6 Å². The Morgan fingerprint density at radius 2 is 1.73 bits per heavy atom. The number of ether oxygens (including phenoxy) is 2. The van der Waals surface area contributed by atoms with E-state index in [0.717, 1.165) is 10.4 Å². The van der Waals surface area contributed by atoms with Crippen molar-refractivity contribution in [2.24, 2.45) is 0 Å². The number of likely N-dealkylation sites (tertiary alicyclic amines) is 1. The Bertz CT molecular complexity index is 1220. The van der Waals surface area contributed by atoms with Gasteiger partial charge < -0.3 is 19.5 Å². The second-order valence-corrected chi connectivity index (χ2v) is 9.06. The number of nitrogens with zero attached hydrogens (tertiary/aromatic N) is 1. The molecule has 1 aliphatic rings. The maximum absolute atomic E-state index is 13.1. The molecular weight excluding hydrogens is 485 g/mol. The van der Waals surface area contributed by atoms with E-state index in [0.29, 0.717) is 5.75 Å². The molecule has 1 fully saturated rings. The van der Waals surface area contributed by atoms with Gasteiger partial charge in [-0.2, -0.15) is 0 Å². The second-order valence-electron chi connectivity index (χ2n) is 7.26. The maximum atomic E-state index is 13.1. The fourth-order valence-corrected chi connectivity index (χ4v) is 5.25. The van der Waals surface area contributed by atoms with E-state index >= 15 is 0 Å². The monoisotopic (exact) mass is 503 g/mol. The molecule has 2 heterocycles. The second kappa shape index (κ2) is 9.47. The van der Waals surface area contributed by atoms with Crippen molar-refractivity contribution in [2.75, 3.05) is 14.2 Å². The third kappa shape index (κ3) is 4.31. The summed E-state index contributed by atoms with van der Waals surface area (Å²) in [7, 11) is 3.00. The zero-order valence-electron chi connectivity index (χ0n) is 17.7. The SMILES string of the molecule is COc1ccc(CN2C(=O)C(=O)/C(=C(\O)c3cc(Cl)c(OC)c(Cl)c3)C2c2cccs2)cc1. The molecule has 0 spiro atoms. The number of carbonyl (C=O) groups is 2. The Morgan fingerprint density at radius 1 is 1.06 bits per heavy atom. The van der Waals surface area contributed by atoms with Crippen molar-refractivity contribution < 1.29 is 24.2 Å². The first-order valence-corrected chi connectivity index (χ1v) is 11.5. The highest BCUT2D eigenvalue weighted by atomic mass is 35.5. The summed E-state index contributed by atoms with van der Waals surface area (Å²) in [5.41, 5.74) is 1.01. The maximum Gasteiger partial charge on any atom is 0.295 e. The predicted octanol–water partition coefficient (Wildman–Crippen LogP) is 5.69. The van der Waals surface area contributed by atoms with Crippen molar-refractivity contribution >= 4 is 52.0 Å². The number of aliphatic hydroxyl groups is 1. The highest BCUT2D eigenvalue weighted by Gasteiger charge is 2.46.